The lowest BCUT2D eigenvalue weighted by molar-refractivity contribution is 0.0986. The van der Waals surface area contributed by atoms with Gasteiger partial charge in [0.15, 0.2) is 0 Å². The van der Waals surface area contributed by atoms with Crippen molar-refractivity contribution in [2.45, 2.75) is 33.1 Å². The van der Waals surface area contributed by atoms with Crippen LogP contribution in [0.25, 0.3) is 10.9 Å². The zero-order valence-corrected chi connectivity index (χ0v) is 14.7. The van der Waals surface area contributed by atoms with Crippen molar-refractivity contribution in [3.05, 3.63) is 70.9 Å². The molecule has 0 unspecified atom stereocenters. The minimum Gasteiger partial charge on any atom is -0.308 e. The molecule has 0 bridgehead atoms. The molecule has 0 spiro atoms. The fraction of sp³-hybridized carbons (Fsp3) is 0.273. The van der Waals surface area contributed by atoms with E-state index >= 15 is 0 Å². The number of fused-ring (bicyclic) bond motifs is 2. The third kappa shape index (κ3) is 2.60. The quantitative estimate of drug-likeness (QED) is 0.682. The average Bonchev–Trinajstić information content (AvgIpc) is 2.66. The monoisotopic (exact) mass is 330 g/mol. The van der Waals surface area contributed by atoms with E-state index in [0.29, 0.717) is 0 Å². The Kier molecular flexibility index (Phi) is 4.00. The lowest BCUT2D eigenvalue weighted by Gasteiger charge is -2.30. The molecule has 1 aliphatic heterocycles. The van der Waals surface area contributed by atoms with Crippen LogP contribution >= 0.6 is 0 Å². The van der Waals surface area contributed by atoms with E-state index in [-0.39, 0.29) is 5.91 Å². The predicted octanol–water partition coefficient (Wildman–Crippen LogP) is 4.70. The fourth-order valence-electron chi connectivity index (χ4n) is 3.86. The number of hydrogen-bond acceptors (Lipinski definition) is 2. The SMILES string of the molecule is CCc1nc2ccccc2c(C(=O)N2CCCc3ccccc32)c1C. The van der Waals surface area contributed by atoms with E-state index in [0.717, 1.165) is 59.2 Å². The number of aryl methyl sites for hydroxylation is 2. The number of nitrogens with zero attached hydrogens (tertiary/aromatic N) is 2. The number of carbonyl (C=O) groups is 1. The fourth-order valence-corrected chi connectivity index (χ4v) is 3.86. The molecule has 25 heavy (non-hydrogen) atoms. The summed E-state index contributed by atoms with van der Waals surface area (Å²) in [6.45, 7) is 4.89. The molecule has 0 aliphatic carbocycles. The molecule has 2 aromatic carbocycles. The molecule has 1 amide bonds. The number of hydrogen-bond donors (Lipinski definition) is 0. The average molecular weight is 330 g/mol. The Morgan fingerprint density at radius 3 is 2.72 bits per heavy atom. The third-order valence-corrected chi connectivity index (χ3v) is 5.14. The van der Waals surface area contributed by atoms with E-state index < -0.39 is 0 Å². The third-order valence-electron chi connectivity index (χ3n) is 5.14. The first-order chi connectivity index (χ1) is 12.2. The van der Waals surface area contributed by atoms with Crippen molar-refractivity contribution in [3.8, 4) is 0 Å². The normalized spacial score (nSPS) is 13.8. The van der Waals surface area contributed by atoms with Gasteiger partial charge in [0.25, 0.3) is 5.91 Å². The number of pyridine rings is 1. The van der Waals surface area contributed by atoms with Gasteiger partial charge in [-0.3, -0.25) is 9.78 Å². The molecule has 1 aromatic heterocycles. The van der Waals surface area contributed by atoms with Crippen LogP contribution in [0.1, 0.15) is 40.5 Å². The van der Waals surface area contributed by atoms with Crippen LogP contribution in [0.2, 0.25) is 0 Å². The van der Waals surface area contributed by atoms with Crippen molar-refractivity contribution in [2.24, 2.45) is 0 Å². The predicted molar refractivity (Wildman–Crippen MR) is 102 cm³/mol. The summed E-state index contributed by atoms with van der Waals surface area (Å²) in [5.41, 5.74) is 6.03. The molecule has 0 saturated carbocycles. The minimum atomic E-state index is 0.0953. The first kappa shape index (κ1) is 15.8. The van der Waals surface area contributed by atoms with Crippen molar-refractivity contribution in [3.63, 3.8) is 0 Å². The maximum absolute atomic E-state index is 13.6. The Hall–Kier alpha value is -2.68. The molecule has 0 atom stereocenters. The van der Waals surface area contributed by atoms with Gasteiger partial charge in [-0.15, -0.1) is 0 Å². The molecule has 2 heterocycles. The summed E-state index contributed by atoms with van der Waals surface area (Å²) in [6.07, 6.45) is 2.87. The second-order valence-electron chi connectivity index (χ2n) is 6.62. The van der Waals surface area contributed by atoms with Crippen LogP contribution in [-0.4, -0.2) is 17.4 Å². The second-order valence-corrected chi connectivity index (χ2v) is 6.62. The van der Waals surface area contributed by atoms with Gasteiger partial charge in [-0.1, -0.05) is 43.3 Å². The largest absolute Gasteiger partial charge is 0.308 e. The number of aromatic nitrogens is 1. The zero-order chi connectivity index (χ0) is 17.4. The molecule has 1 aliphatic rings. The molecular formula is C22H22N2O. The van der Waals surface area contributed by atoms with Gasteiger partial charge in [-0.05, 0) is 49.4 Å². The highest BCUT2D eigenvalue weighted by Crippen LogP contribution is 2.31. The van der Waals surface area contributed by atoms with Crippen molar-refractivity contribution in [2.75, 3.05) is 11.4 Å². The maximum Gasteiger partial charge on any atom is 0.259 e. The highest BCUT2D eigenvalue weighted by Gasteiger charge is 2.26. The summed E-state index contributed by atoms with van der Waals surface area (Å²) in [5, 5.41) is 0.949. The van der Waals surface area contributed by atoms with Gasteiger partial charge in [0.2, 0.25) is 0 Å². The molecule has 3 heteroatoms. The van der Waals surface area contributed by atoms with Crippen LogP contribution < -0.4 is 4.90 Å². The van der Waals surface area contributed by atoms with Crippen LogP contribution in [0.3, 0.4) is 0 Å². The van der Waals surface area contributed by atoms with Crippen LogP contribution in [0, 0.1) is 6.92 Å². The number of rotatable bonds is 2. The zero-order valence-electron chi connectivity index (χ0n) is 14.7. The molecule has 0 fully saturated rings. The second kappa shape index (κ2) is 6.32. The van der Waals surface area contributed by atoms with Gasteiger partial charge in [0.05, 0.1) is 11.1 Å². The summed E-state index contributed by atoms with van der Waals surface area (Å²) < 4.78 is 0. The number of anilines is 1. The van der Waals surface area contributed by atoms with Gasteiger partial charge in [-0.25, -0.2) is 0 Å². The van der Waals surface area contributed by atoms with E-state index in [1.807, 2.05) is 42.2 Å². The van der Waals surface area contributed by atoms with Crippen LogP contribution in [-0.2, 0) is 12.8 Å². The van der Waals surface area contributed by atoms with Gasteiger partial charge in [0.1, 0.15) is 0 Å². The van der Waals surface area contributed by atoms with Crippen molar-refractivity contribution < 1.29 is 4.79 Å². The van der Waals surface area contributed by atoms with Crippen molar-refractivity contribution in [1.82, 2.24) is 4.98 Å². The Morgan fingerprint density at radius 1 is 1.12 bits per heavy atom. The molecule has 0 N–H and O–H groups in total. The van der Waals surface area contributed by atoms with Gasteiger partial charge in [-0.2, -0.15) is 0 Å². The van der Waals surface area contributed by atoms with E-state index in [4.69, 9.17) is 4.98 Å². The minimum absolute atomic E-state index is 0.0953. The van der Waals surface area contributed by atoms with Crippen LogP contribution in [0.4, 0.5) is 5.69 Å². The Morgan fingerprint density at radius 2 is 1.88 bits per heavy atom. The molecule has 126 valence electrons. The first-order valence-electron chi connectivity index (χ1n) is 8.98. The summed E-state index contributed by atoms with van der Waals surface area (Å²) in [6, 6.07) is 16.2. The van der Waals surface area contributed by atoms with Crippen molar-refractivity contribution in [1.29, 1.82) is 0 Å². The molecular weight excluding hydrogens is 308 g/mol. The first-order valence-corrected chi connectivity index (χ1v) is 8.98. The number of amides is 1. The Bertz CT molecular complexity index is 961. The van der Waals surface area contributed by atoms with Gasteiger partial charge < -0.3 is 4.90 Å². The van der Waals surface area contributed by atoms with E-state index in [1.165, 1.54) is 5.56 Å². The topological polar surface area (TPSA) is 33.2 Å². The summed E-state index contributed by atoms with van der Waals surface area (Å²) in [7, 11) is 0. The molecule has 3 nitrogen and oxygen atoms in total. The molecule has 4 rings (SSSR count). The number of para-hydroxylation sites is 2. The molecule has 0 radical (unpaired) electrons. The van der Waals surface area contributed by atoms with Crippen LogP contribution in [0.15, 0.2) is 48.5 Å². The summed E-state index contributed by atoms with van der Waals surface area (Å²) in [4.78, 5) is 20.3. The Labute approximate surface area is 148 Å². The summed E-state index contributed by atoms with van der Waals surface area (Å²) >= 11 is 0. The Balaban J connectivity index is 1.91. The lowest BCUT2D eigenvalue weighted by atomic mass is 9.96. The summed E-state index contributed by atoms with van der Waals surface area (Å²) in [5.74, 6) is 0.0953. The number of benzene rings is 2. The maximum atomic E-state index is 13.6. The van der Waals surface area contributed by atoms with Crippen molar-refractivity contribution >= 4 is 22.5 Å². The molecule has 3 aromatic rings. The van der Waals surface area contributed by atoms with E-state index in [2.05, 4.69) is 25.1 Å². The molecule has 0 saturated heterocycles. The van der Waals surface area contributed by atoms with Gasteiger partial charge >= 0.3 is 0 Å². The van der Waals surface area contributed by atoms with E-state index in [1.54, 1.807) is 0 Å². The number of carbonyl (C=O) groups excluding carboxylic acids is 1. The lowest BCUT2D eigenvalue weighted by Crippen LogP contribution is -2.36. The standard InChI is InChI=1S/C22H22N2O/c1-3-18-15(2)21(17-11-5-6-12-19(17)23-18)22(25)24-14-8-10-16-9-4-7-13-20(16)24/h4-7,9,11-13H,3,8,10,14H2,1-2H3. The highest BCUT2D eigenvalue weighted by molar-refractivity contribution is 6.15. The van der Waals surface area contributed by atoms with Gasteiger partial charge in [0, 0.05) is 23.3 Å². The van der Waals surface area contributed by atoms with E-state index in [9.17, 15) is 4.79 Å². The smallest absolute Gasteiger partial charge is 0.259 e. The van der Waals surface area contributed by atoms with Crippen LogP contribution in [0.5, 0.6) is 0 Å². The highest BCUT2D eigenvalue weighted by atomic mass is 16.2.